The van der Waals surface area contributed by atoms with E-state index in [-0.39, 0.29) is 11.4 Å². The third-order valence-corrected chi connectivity index (χ3v) is 3.16. The maximum absolute atomic E-state index is 13.7. The standard InChI is InChI=1S/C13H7F9N2/c14-10(15,11(16,17)12(18,19)13(20,21)22)8-3-1-7(2-4-8)9-23-5-6-24-9/h1-6H,(H,23,24). The molecule has 11 heteroatoms. The Bertz CT molecular complexity index is 687. The Hall–Kier alpha value is -2.20. The van der Waals surface area contributed by atoms with Crippen LogP contribution in [0.4, 0.5) is 39.5 Å². The molecule has 1 aromatic carbocycles. The van der Waals surface area contributed by atoms with E-state index in [1.54, 1.807) is 0 Å². The van der Waals surface area contributed by atoms with E-state index in [9.17, 15) is 39.5 Å². The molecule has 132 valence electrons. The van der Waals surface area contributed by atoms with Crippen molar-refractivity contribution in [2.45, 2.75) is 23.9 Å². The normalized spacial score (nSPS) is 14.0. The molecule has 24 heavy (non-hydrogen) atoms. The first-order chi connectivity index (χ1) is 10.8. The van der Waals surface area contributed by atoms with Crippen molar-refractivity contribution < 1.29 is 39.5 Å². The Balaban J connectivity index is 2.42. The van der Waals surface area contributed by atoms with Crippen molar-refractivity contribution in [1.82, 2.24) is 9.97 Å². The molecule has 0 unspecified atom stereocenters. The second-order valence-electron chi connectivity index (χ2n) is 4.74. The van der Waals surface area contributed by atoms with E-state index in [2.05, 4.69) is 9.97 Å². The lowest BCUT2D eigenvalue weighted by Gasteiger charge is -2.33. The summed E-state index contributed by atoms with van der Waals surface area (Å²) < 4.78 is 116. The predicted octanol–water partition coefficient (Wildman–Crippen LogP) is 5.00. The first kappa shape index (κ1) is 18.1. The minimum Gasteiger partial charge on any atom is -0.345 e. The van der Waals surface area contributed by atoms with Crippen LogP contribution in [0.5, 0.6) is 0 Å². The number of aromatic nitrogens is 2. The van der Waals surface area contributed by atoms with Gasteiger partial charge in [-0.05, 0) is 0 Å². The van der Waals surface area contributed by atoms with E-state index < -0.39 is 29.5 Å². The molecular formula is C13H7F9N2. The Morgan fingerprint density at radius 2 is 1.29 bits per heavy atom. The molecule has 1 heterocycles. The molecule has 0 radical (unpaired) electrons. The van der Waals surface area contributed by atoms with Crippen LogP contribution in [0.15, 0.2) is 36.7 Å². The van der Waals surface area contributed by atoms with Crippen molar-refractivity contribution in [2.24, 2.45) is 0 Å². The molecule has 0 fully saturated rings. The molecule has 1 aromatic heterocycles. The summed E-state index contributed by atoms with van der Waals surface area (Å²) in [5.74, 6) is -19.2. The third kappa shape index (κ3) is 2.61. The van der Waals surface area contributed by atoms with Crippen LogP contribution in [0.2, 0.25) is 0 Å². The van der Waals surface area contributed by atoms with Crippen molar-refractivity contribution in [3.63, 3.8) is 0 Å². The van der Waals surface area contributed by atoms with E-state index in [0.717, 1.165) is 12.1 Å². The van der Waals surface area contributed by atoms with Crippen LogP contribution in [0.1, 0.15) is 5.56 Å². The highest BCUT2D eigenvalue weighted by Gasteiger charge is 2.81. The van der Waals surface area contributed by atoms with E-state index >= 15 is 0 Å². The van der Waals surface area contributed by atoms with E-state index in [1.165, 1.54) is 12.4 Å². The van der Waals surface area contributed by atoms with Crippen LogP contribution in [-0.2, 0) is 5.92 Å². The number of aromatic amines is 1. The van der Waals surface area contributed by atoms with Gasteiger partial charge in [0.25, 0.3) is 0 Å². The number of nitrogens with zero attached hydrogens (tertiary/aromatic N) is 1. The van der Waals surface area contributed by atoms with Gasteiger partial charge in [0.1, 0.15) is 5.82 Å². The van der Waals surface area contributed by atoms with Crippen molar-refractivity contribution >= 4 is 0 Å². The van der Waals surface area contributed by atoms with Gasteiger partial charge in [0.05, 0.1) is 0 Å². The maximum Gasteiger partial charge on any atom is 0.460 e. The molecule has 2 rings (SSSR count). The van der Waals surface area contributed by atoms with Crippen LogP contribution in [0.3, 0.4) is 0 Å². The average Bonchev–Trinajstić information content (AvgIpc) is 3.00. The van der Waals surface area contributed by atoms with Crippen LogP contribution in [-0.4, -0.2) is 28.0 Å². The molecule has 0 aliphatic heterocycles. The zero-order valence-corrected chi connectivity index (χ0v) is 11.3. The Morgan fingerprint density at radius 1 is 0.750 bits per heavy atom. The Labute approximate surface area is 128 Å². The second-order valence-corrected chi connectivity index (χ2v) is 4.74. The zero-order chi connectivity index (χ0) is 18.4. The summed E-state index contributed by atoms with van der Waals surface area (Å²) in [7, 11) is 0. The molecule has 0 saturated carbocycles. The summed E-state index contributed by atoms with van der Waals surface area (Å²) in [6.45, 7) is 0. The topological polar surface area (TPSA) is 28.7 Å². The van der Waals surface area contributed by atoms with E-state index in [0.29, 0.717) is 12.1 Å². The van der Waals surface area contributed by atoms with Crippen molar-refractivity contribution in [3.05, 3.63) is 42.2 Å². The van der Waals surface area contributed by atoms with Crippen molar-refractivity contribution in [1.29, 1.82) is 0 Å². The number of hydrogen-bond donors (Lipinski definition) is 1. The highest BCUT2D eigenvalue weighted by molar-refractivity contribution is 5.55. The van der Waals surface area contributed by atoms with Gasteiger partial charge in [0, 0.05) is 23.5 Å². The number of halogens is 9. The first-order valence-corrected chi connectivity index (χ1v) is 6.13. The summed E-state index contributed by atoms with van der Waals surface area (Å²) in [6, 6.07) is 2.34. The second kappa shape index (κ2) is 5.42. The van der Waals surface area contributed by atoms with Crippen molar-refractivity contribution in [2.75, 3.05) is 0 Å². The molecule has 1 N–H and O–H groups in total. The van der Waals surface area contributed by atoms with Crippen LogP contribution < -0.4 is 0 Å². The van der Waals surface area contributed by atoms with Crippen LogP contribution in [0.25, 0.3) is 11.4 Å². The summed E-state index contributed by atoms with van der Waals surface area (Å²) in [5.41, 5.74) is -1.54. The van der Waals surface area contributed by atoms with Crippen molar-refractivity contribution in [3.8, 4) is 11.4 Å². The lowest BCUT2D eigenvalue weighted by atomic mass is 9.96. The number of hydrogen-bond acceptors (Lipinski definition) is 1. The molecule has 2 nitrogen and oxygen atoms in total. The molecular weight excluding hydrogens is 355 g/mol. The lowest BCUT2D eigenvalue weighted by molar-refractivity contribution is -0.399. The quantitative estimate of drug-likeness (QED) is 0.762. The summed E-state index contributed by atoms with van der Waals surface area (Å²) >= 11 is 0. The van der Waals surface area contributed by atoms with Gasteiger partial charge in [0.2, 0.25) is 0 Å². The Kier molecular flexibility index (Phi) is 4.09. The predicted molar refractivity (Wildman–Crippen MR) is 63.9 cm³/mol. The first-order valence-electron chi connectivity index (χ1n) is 6.13. The lowest BCUT2D eigenvalue weighted by Crippen LogP contribution is -2.59. The minimum atomic E-state index is -6.91. The molecule has 0 bridgehead atoms. The number of rotatable bonds is 4. The highest BCUT2D eigenvalue weighted by Crippen LogP contribution is 2.56. The largest absolute Gasteiger partial charge is 0.460 e. The number of imidazole rings is 1. The molecule has 0 aliphatic rings. The Morgan fingerprint density at radius 3 is 1.71 bits per heavy atom. The summed E-state index contributed by atoms with van der Waals surface area (Å²) in [6.07, 6.45) is -4.17. The summed E-state index contributed by atoms with van der Waals surface area (Å²) in [5, 5.41) is 0. The minimum absolute atomic E-state index is 0.144. The smallest absolute Gasteiger partial charge is 0.345 e. The summed E-state index contributed by atoms with van der Waals surface area (Å²) in [4.78, 5) is 6.31. The SMILES string of the molecule is FC(F)(F)C(F)(F)C(F)(F)C(F)(F)c1ccc(-c2ncc[nH]2)cc1. The van der Waals surface area contributed by atoms with Gasteiger partial charge in [-0.1, -0.05) is 24.3 Å². The molecule has 0 saturated heterocycles. The van der Waals surface area contributed by atoms with Crippen LogP contribution in [0, 0.1) is 0 Å². The van der Waals surface area contributed by atoms with E-state index in [4.69, 9.17) is 0 Å². The highest BCUT2D eigenvalue weighted by atomic mass is 19.4. The van der Waals surface area contributed by atoms with Gasteiger partial charge < -0.3 is 4.98 Å². The molecule has 0 aliphatic carbocycles. The fraction of sp³-hybridized carbons (Fsp3) is 0.308. The van der Waals surface area contributed by atoms with Gasteiger partial charge in [-0.15, -0.1) is 0 Å². The van der Waals surface area contributed by atoms with Gasteiger partial charge in [0.15, 0.2) is 0 Å². The number of benzene rings is 1. The van der Waals surface area contributed by atoms with Gasteiger partial charge in [-0.25, -0.2) is 4.98 Å². The molecule has 0 amide bonds. The number of nitrogens with one attached hydrogen (secondary N) is 1. The fourth-order valence-electron chi connectivity index (χ4n) is 1.82. The van der Waals surface area contributed by atoms with Crippen LogP contribution >= 0.6 is 0 Å². The average molecular weight is 362 g/mol. The van der Waals surface area contributed by atoms with Gasteiger partial charge >= 0.3 is 23.9 Å². The van der Waals surface area contributed by atoms with Gasteiger partial charge in [-0.2, -0.15) is 39.5 Å². The number of H-pyrrole nitrogens is 1. The van der Waals surface area contributed by atoms with E-state index in [1.807, 2.05) is 0 Å². The monoisotopic (exact) mass is 362 g/mol. The third-order valence-electron chi connectivity index (χ3n) is 3.16. The maximum atomic E-state index is 13.7. The van der Waals surface area contributed by atoms with Gasteiger partial charge in [-0.3, -0.25) is 0 Å². The molecule has 0 spiro atoms. The molecule has 0 atom stereocenters. The fourth-order valence-corrected chi connectivity index (χ4v) is 1.82. The molecule has 2 aromatic rings. The number of alkyl halides is 9. The zero-order valence-electron chi connectivity index (χ0n) is 11.3.